The molecule has 2 heterocycles. The van der Waals surface area contributed by atoms with Crippen LogP contribution in [-0.4, -0.2) is 41.7 Å². The van der Waals surface area contributed by atoms with Gasteiger partial charge in [-0.3, -0.25) is 0 Å². The topological polar surface area (TPSA) is 104 Å². The first-order valence-corrected chi connectivity index (χ1v) is 9.47. The van der Waals surface area contributed by atoms with Crippen molar-refractivity contribution in [1.29, 1.82) is 0 Å². The fraction of sp³-hybridized carbons (Fsp3) is 0.182. The van der Waals surface area contributed by atoms with E-state index >= 15 is 0 Å². The van der Waals surface area contributed by atoms with Gasteiger partial charge in [-0.2, -0.15) is 4.98 Å². The molecule has 4 aromatic rings. The van der Waals surface area contributed by atoms with Crippen LogP contribution in [0, 0.1) is 0 Å². The summed E-state index contributed by atoms with van der Waals surface area (Å²) in [6.45, 7) is 0.497. The summed E-state index contributed by atoms with van der Waals surface area (Å²) in [5.74, 6) is 3.63. The van der Waals surface area contributed by atoms with Gasteiger partial charge < -0.3 is 24.1 Å². The first-order valence-electron chi connectivity index (χ1n) is 9.47. The van der Waals surface area contributed by atoms with E-state index in [1.807, 2.05) is 42.5 Å². The Morgan fingerprint density at radius 1 is 0.839 bits per heavy atom. The lowest BCUT2D eigenvalue weighted by Crippen LogP contribution is -2.04. The van der Waals surface area contributed by atoms with E-state index in [-0.39, 0.29) is 0 Å². The highest BCUT2D eigenvalue weighted by Gasteiger charge is 2.13. The largest absolute Gasteiger partial charge is 0.497 e. The lowest BCUT2D eigenvalue weighted by Gasteiger charge is -2.11. The molecule has 31 heavy (non-hydrogen) atoms. The third-order valence-corrected chi connectivity index (χ3v) is 4.61. The molecule has 0 amide bonds. The Bertz CT molecular complexity index is 1140. The molecule has 2 aromatic carbocycles. The van der Waals surface area contributed by atoms with Gasteiger partial charge >= 0.3 is 0 Å². The molecule has 0 fully saturated rings. The maximum absolute atomic E-state index is 5.40. The number of hydrogen-bond donors (Lipinski definition) is 1. The number of hydrogen-bond acceptors (Lipinski definition) is 9. The van der Waals surface area contributed by atoms with Gasteiger partial charge in [-0.1, -0.05) is 5.16 Å². The first kappa shape index (κ1) is 20.1. The normalized spacial score (nSPS) is 10.5. The molecule has 4 rings (SSSR count). The number of nitrogens with one attached hydrogen (secondary N) is 1. The molecule has 0 bridgehead atoms. The molecule has 9 heteroatoms. The van der Waals surface area contributed by atoms with E-state index in [9.17, 15) is 0 Å². The zero-order valence-electron chi connectivity index (χ0n) is 17.3. The second-order valence-electron chi connectivity index (χ2n) is 6.49. The summed E-state index contributed by atoms with van der Waals surface area (Å²) in [6.07, 6.45) is 0. The van der Waals surface area contributed by atoms with Crippen molar-refractivity contribution in [3.05, 3.63) is 60.2 Å². The zero-order chi connectivity index (χ0) is 21.6. The van der Waals surface area contributed by atoms with Crippen molar-refractivity contribution in [3.63, 3.8) is 0 Å². The predicted molar refractivity (Wildman–Crippen MR) is 114 cm³/mol. The maximum Gasteiger partial charge on any atom is 0.278 e. The Balaban J connectivity index is 1.45. The van der Waals surface area contributed by atoms with Crippen molar-refractivity contribution >= 4 is 5.82 Å². The van der Waals surface area contributed by atoms with Crippen molar-refractivity contribution in [2.75, 3.05) is 26.6 Å². The van der Waals surface area contributed by atoms with Gasteiger partial charge in [-0.25, -0.2) is 0 Å². The van der Waals surface area contributed by atoms with Crippen LogP contribution < -0.4 is 19.5 Å². The summed E-state index contributed by atoms with van der Waals surface area (Å²) in [5, 5.41) is 15.6. The lowest BCUT2D eigenvalue weighted by atomic mass is 10.2. The van der Waals surface area contributed by atoms with Crippen LogP contribution >= 0.6 is 0 Å². The highest BCUT2D eigenvalue weighted by atomic mass is 16.5. The average molecular weight is 419 g/mol. The van der Waals surface area contributed by atoms with Gasteiger partial charge in [0.15, 0.2) is 5.69 Å². The summed E-state index contributed by atoms with van der Waals surface area (Å²) in [6, 6.07) is 16.6. The predicted octanol–water partition coefficient (Wildman–Crippen LogP) is 3.83. The molecule has 0 spiro atoms. The van der Waals surface area contributed by atoms with Crippen molar-refractivity contribution in [2.45, 2.75) is 6.54 Å². The average Bonchev–Trinajstić information content (AvgIpc) is 3.33. The van der Waals surface area contributed by atoms with E-state index < -0.39 is 0 Å². The molecule has 0 atom stereocenters. The molecular weight excluding hydrogens is 398 g/mol. The minimum absolute atomic E-state index is 0.291. The number of benzene rings is 2. The maximum atomic E-state index is 5.40. The Morgan fingerprint density at radius 2 is 1.61 bits per heavy atom. The monoisotopic (exact) mass is 419 g/mol. The summed E-state index contributed by atoms with van der Waals surface area (Å²) in [5.41, 5.74) is 2.24. The van der Waals surface area contributed by atoms with Crippen LogP contribution in [0.25, 0.3) is 23.0 Å². The molecule has 1 N–H and O–H groups in total. The number of aromatic nitrogens is 4. The van der Waals surface area contributed by atoms with Crippen molar-refractivity contribution in [3.8, 4) is 40.2 Å². The number of ether oxygens (including phenoxy) is 3. The SMILES string of the molecule is COc1ccc(-c2noc(-c3ccc(NCc4cc(OC)ccc4OC)nn3)n2)cc1. The third kappa shape index (κ3) is 4.55. The summed E-state index contributed by atoms with van der Waals surface area (Å²) in [4.78, 5) is 4.40. The molecule has 9 nitrogen and oxygen atoms in total. The van der Waals surface area contributed by atoms with Crippen LogP contribution in [0.2, 0.25) is 0 Å². The molecule has 0 saturated heterocycles. The second-order valence-corrected chi connectivity index (χ2v) is 6.49. The van der Waals surface area contributed by atoms with E-state index in [4.69, 9.17) is 18.7 Å². The van der Waals surface area contributed by atoms with E-state index in [0.29, 0.717) is 29.8 Å². The van der Waals surface area contributed by atoms with Gasteiger partial charge in [0.25, 0.3) is 5.89 Å². The Labute approximate surface area is 179 Å². The van der Waals surface area contributed by atoms with Gasteiger partial charge in [0.2, 0.25) is 5.82 Å². The molecule has 158 valence electrons. The van der Waals surface area contributed by atoms with E-state index in [1.54, 1.807) is 33.5 Å². The van der Waals surface area contributed by atoms with Crippen molar-refractivity contribution in [1.82, 2.24) is 20.3 Å². The minimum Gasteiger partial charge on any atom is -0.497 e. The molecule has 0 saturated carbocycles. The van der Waals surface area contributed by atoms with Crippen LogP contribution in [0.5, 0.6) is 17.2 Å². The second kappa shape index (κ2) is 9.12. The number of rotatable bonds is 8. The van der Waals surface area contributed by atoms with Crippen molar-refractivity contribution < 1.29 is 18.7 Å². The van der Waals surface area contributed by atoms with Gasteiger partial charge in [0.1, 0.15) is 23.1 Å². The van der Waals surface area contributed by atoms with Gasteiger partial charge in [0.05, 0.1) is 21.3 Å². The quantitative estimate of drug-likeness (QED) is 0.456. The molecule has 0 aliphatic carbocycles. The Morgan fingerprint density at radius 3 is 2.29 bits per heavy atom. The molecule has 0 aliphatic rings. The number of nitrogens with zero attached hydrogens (tertiary/aromatic N) is 4. The van der Waals surface area contributed by atoms with Gasteiger partial charge in [-0.15, -0.1) is 10.2 Å². The minimum atomic E-state index is 0.291. The number of anilines is 1. The smallest absolute Gasteiger partial charge is 0.278 e. The first-order chi connectivity index (χ1) is 15.2. The van der Waals surface area contributed by atoms with Crippen LogP contribution in [0.1, 0.15) is 5.56 Å². The standard InChI is InChI=1S/C22H21N5O4/c1-28-16-6-4-14(5-7-16)21-24-22(31-27-21)18-9-11-20(26-25-18)23-13-15-12-17(29-2)8-10-19(15)30-3/h4-12H,13H2,1-3H3,(H,23,26). The Hall–Kier alpha value is -4.14. The molecular formula is C22H21N5O4. The lowest BCUT2D eigenvalue weighted by molar-refractivity contribution is 0.399. The fourth-order valence-electron chi connectivity index (χ4n) is 2.93. The highest BCUT2D eigenvalue weighted by Crippen LogP contribution is 2.25. The van der Waals surface area contributed by atoms with Crippen LogP contribution in [-0.2, 0) is 6.54 Å². The van der Waals surface area contributed by atoms with Crippen molar-refractivity contribution in [2.24, 2.45) is 0 Å². The van der Waals surface area contributed by atoms with Crippen LogP contribution in [0.4, 0.5) is 5.82 Å². The molecule has 0 radical (unpaired) electrons. The number of methoxy groups -OCH3 is 3. The molecule has 0 unspecified atom stereocenters. The summed E-state index contributed by atoms with van der Waals surface area (Å²) < 4.78 is 21.2. The summed E-state index contributed by atoms with van der Waals surface area (Å²) >= 11 is 0. The Kier molecular flexibility index (Phi) is 5.93. The van der Waals surface area contributed by atoms with E-state index in [0.717, 1.165) is 28.4 Å². The zero-order valence-corrected chi connectivity index (χ0v) is 17.3. The highest BCUT2D eigenvalue weighted by molar-refractivity contribution is 5.59. The van der Waals surface area contributed by atoms with Crippen LogP contribution in [0.3, 0.4) is 0 Å². The summed E-state index contributed by atoms with van der Waals surface area (Å²) in [7, 11) is 4.87. The van der Waals surface area contributed by atoms with Gasteiger partial charge in [0, 0.05) is 17.7 Å². The van der Waals surface area contributed by atoms with E-state index in [1.165, 1.54) is 0 Å². The van der Waals surface area contributed by atoms with Gasteiger partial charge in [-0.05, 0) is 54.6 Å². The fourth-order valence-corrected chi connectivity index (χ4v) is 2.93. The van der Waals surface area contributed by atoms with Crippen LogP contribution in [0.15, 0.2) is 59.1 Å². The third-order valence-electron chi connectivity index (χ3n) is 4.61. The molecule has 0 aliphatic heterocycles. The molecule has 2 aromatic heterocycles. The van der Waals surface area contributed by atoms with E-state index in [2.05, 4.69) is 25.7 Å².